The number of methoxy groups -OCH3 is 2. The first-order chi connectivity index (χ1) is 21.9. The first-order valence-electron chi connectivity index (χ1n) is 15.1. The molecule has 2 atom stereocenters. The van der Waals surface area contributed by atoms with Gasteiger partial charge in [0, 0.05) is 31.7 Å². The quantitative estimate of drug-likeness (QED) is 0.131. The Labute approximate surface area is 273 Å². The molecule has 0 heterocycles. The van der Waals surface area contributed by atoms with Gasteiger partial charge in [-0.05, 0) is 81.1 Å². The summed E-state index contributed by atoms with van der Waals surface area (Å²) in [4.78, 5) is -0.0142. The van der Waals surface area contributed by atoms with Gasteiger partial charge < -0.3 is 29.6 Å². The van der Waals surface area contributed by atoms with E-state index in [1.54, 1.807) is 24.3 Å². The van der Waals surface area contributed by atoms with E-state index < -0.39 is 20.0 Å². The maximum Gasteiger partial charge on any atom is 0.244 e. The van der Waals surface area contributed by atoms with Crippen LogP contribution in [-0.2, 0) is 32.9 Å². The molecule has 0 aliphatic carbocycles. The Hall–Kier alpha value is -3.40. The second-order valence-corrected chi connectivity index (χ2v) is 14.0. The first-order valence-corrected chi connectivity index (χ1v) is 18.1. The number of nitrogens with two attached hydrogens (primary N) is 1. The summed E-state index contributed by atoms with van der Waals surface area (Å²) in [6, 6.07) is 17.5. The fourth-order valence-corrected chi connectivity index (χ4v) is 6.87. The number of benzene rings is 3. The highest BCUT2D eigenvalue weighted by Gasteiger charge is 2.21. The predicted octanol–water partition coefficient (Wildman–Crippen LogP) is 2.85. The van der Waals surface area contributed by atoms with Crippen molar-refractivity contribution in [2.75, 3.05) is 47.1 Å². The van der Waals surface area contributed by atoms with Crippen LogP contribution >= 0.6 is 0 Å². The maximum absolute atomic E-state index is 13.3. The standard InChI is InChI=1S/C32H46N4O8S2/c1-6-43-27-9-7-8-10-28(27)44-18-17-35-24(3)20-26-12-14-30(42-5)32(22-26)46(39,40)36-16-15-34-23(2)19-25-11-13-29(41-4)31(21-25)45(33,37)38/h7-14,21-24,34-36H,6,15-20H2,1-5H3,(H2,33,37,38)/t23-,24-/m1/s1. The predicted molar refractivity (Wildman–Crippen MR) is 178 cm³/mol. The van der Waals surface area contributed by atoms with Gasteiger partial charge in [-0.2, -0.15) is 0 Å². The van der Waals surface area contributed by atoms with Gasteiger partial charge in [0.25, 0.3) is 0 Å². The number of hydrogen-bond acceptors (Lipinski definition) is 10. The van der Waals surface area contributed by atoms with E-state index in [1.165, 1.54) is 20.3 Å². The topological polar surface area (TPSA) is 167 Å². The third-order valence-corrected chi connectivity index (χ3v) is 9.46. The third kappa shape index (κ3) is 11.1. The summed E-state index contributed by atoms with van der Waals surface area (Å²) in [6.45, 7) is 7.96. The molecule has 12 nitrogen and oxygen atoms in total. The van der Waals surface area contributed by atoms with E-state index in [9.17, 15) is 16.8 Å². The van der Waals surface area contributed by atoms with Crippen molar-refractivity contribution in [2.24, 2.45) is 5.14 Å². The van der Waals surface area contributed by atoms with Gasteiger partial charge >= 0.3 is 0 Å². The summed E-state index contributed by atoms with van der Waals surface area (Å²) in [5, 5.41) is 12.0. The average molecular weight is 679 g/mol. The van der Waals surface area contributed by atoms with E-state index in [-0.39, 0.29) is 39.9 Å². The highest BCUT2D eigenvalue weighted by atomic mass is 32.2. The van der Waals surface area contributed by atoms with Crippen molar-refractivity contribution in [3.8, 4) is 23.0 Å². The van der Waals surface area contributed by atoms with Crippen LogP contribution in [0.5, 0.6) is 23.0 Å². The summed E-state index contributed by atoms with van der Waals surface area (Å²) in [7, 11) is -5.00. The zero-order valence-corrected chi connectivity index (χ0v) is 28.7. The highest BCUT2D eigenvalue weighted by Crippen LogP contribution is 2.27. The van der Waals surface area contributed by atoms with Crippen LogP contribution in [0.1, 0.15) is 31.9 Å². The van der Waals surface area contributed by atoms with Gasteiger partial charge in [-0.1, -0.05) is 24.3 Å². The van der Waals surface area contributed by atoms with Gasteiger partial charge in [-0.3, -0.25) is 0 Å². The van der Waals surface area contributed by atoms with E-state index in [1.807, 2.05) is 51.1 Å². The van der Waals surface area contributed by atoms with Crippen LogP contribution < -0.4 is 39.4 Å². The van der Waals surface area contributed by atoms with Crippen molar-refractivity contribution in [1.82, 2.24) is 15.4 Å². The molecular formula is C32H46N4O8S2. The Kier molecular flexibility index (Phi) is 14.1. The van der Waals surface area contributed by atoms with Crippen LogP contribution in [-0.4, -0.2) is 76.0 Å². The van der Waals surface area contributed by atoms with Crippen molar-refractivity contribution >= 4 is 20.0 Å². The Bertz CT molecular complexity index is 1630. The minimum atomic E-state index is -3.95. The molecule has 3 aromatic carbocycles. The lowest BCUT2D eigenvalue weighted by Crippen LogP contribution is -2.36. The molecule has 0 fully saturated rings. The minimum Gasteiger partial charge on any atom is -0.495 e. The molecule has 3 rings (SSSR count). The van der Waals surface area contributed by atoms with Crippen LogP contribution in [0.25, 0.3) is 0 Å². The van der Waals surface area contributed by atoms with Crippen LogP contribution in [0.4, 0.5) is 0 Å². The second-order valence-electron chi connectivity index (χ2n) is 10.8. The van der Waals surface area contributed by atoms with Crippen LogP contribution in [0.3, 0.4) is 0 Å². The number of primary sulfonamides is 1. The zero-order chi connectivity index (χ0) is 33.7. The number of para-hydroxylation sites is 2. The van der Waals surface area contributed by atoms with E-state index >= 15 is 0 Å². The van der Waals surface area contributed by atoms with Crippen LogP contribution in [0.15, 0.2) is 70.5 Å². The number of hydrogen-bond donors (Lipinski definition) is 4. The third-order valence-electron chi connectivity index (χ3n) is 7.05. The fraction of sp³-hybridized carbons (Fsp3) is 0.438. The lowest BCUT2D eigenvalue weighted by atomic mass is 10.1. The monoisotopic (exact) mass is 678 g/mol. The van der Waals surface area contributed by atoms with Gasteiger partial charge in [0.05, 0.1) is 20.8 Å². The van der Waals surface area contributed by atoms with E-state index in [0.29, 0.717) is 50.6 Å². The largest absolute Gasteiger partial charge is 0.495 e. The van der Waals surface area contributed by atoms with Crippen molar-refractivity contribution in [3.05, 3.63) is 71.8 Å². The summed E-state index contributed by atoms with van der Waals surface area (Å²) in [5.74, 6) is 1.83. The summed E-state index contributed by atoms with van der Waals surface area (Å²) in [5.41, 5.74) is 1.59. The van der Waals surface area contributed by atoms with Crippen molar-refractivity contribution in [2.45, 2.75) is 55.5 Å². The molecule has 46 heavy (non-hydrogen) atoms. The summed E-state index contributed by atoms with van der Waals surface area (Å²) >= 11 is 0. The van der Waals surface area contributed by atoms with Gasteiger partial charge in [-0.15, -0.1) is 0 Å². The SMILES string of the molecule is CCOc1ccccc1OCCN[C@H](C)Cc1ccc(OC)c(S(=O)(=O)NCCN[C@H](C)Cc2ccc(OC)c(S(N)(=O)=O)c2)c1. The van der Waals surface area contributed by atoms with Crippen molar-refractivity contribution < 1.29 is 35.8 Å². The number of ether oxygens (including phenoxy) is 4. The van der Waals surface area contributed by atoms with E-state index in [0.717, 1.165) is 11.1 Å². The van der Waals surface area contributed by atoms with Gasteiger partial charge in [0.1, 0.15) is 27.9 Å². The Morgan fingerprint density at radius 1 is 0.696 bits per heavy atom. The highest BCUT2D eigenvalue weighted by molar-refractivity contribution is 7.89. The molecule has 14 heteroatoms. The molecule has 0 unspecified atom stereocenters. The molecule has 0 aliphatic heterocycles. The number of sulfonamides is 2. The molecule has 0 bridgehead atoms. The molecule has 0 amide bonds. The summed E-state index contributed by atoms with van der Waals surface area (Å²) in [6.07, 6.45) is 1.09. The zero-order valence-electron chi connectivity index (χ0n) is 27.0. The minimum absolute atomic E-state index is 0.0556. The van der Waals surface area contributed by atoms with Crippen LogP contribution in [0, 0.1) is 0 Å². The molecule has 0 spiro atoms. The van der Waals surface area contributed by atoms with Crippen LogP contribution in [0.2, 0.25) is 0 Å². The Balaban J connectivity index is 1.51. The normalized spacial score (nSPS) is 13.2. The fourth-order valence-electron chi connectivity index (χ4n) is 4.87. The van der Waals surface area contributed by atoms with E-state index in [2.05, 4.69) is 15.4 Å². The average Bonchev–Trinajstić information content (AvgIpc) is 3.02. The number of rotatable bonds is 20. The molecule has 0 aromatic heterocycles. The van der Waals surface area contributed by atoms with Gasteiger partial charge in [-0.25, -0.2) is 26.7 Å². The van der Waals surface area contributed by atoms with E-state index in [4.69, 9.17) is 24.1 Å². The molecule has 3 aromatic rings. The molecule has 0 radical (unpaired) electrons. The smallest absolute Gasteiger partial charge is 0.244 e. The Morgan fingerprint density at radius 2 is 1.22 bits per heavy atom. The molecule has 0 saturated carbocycles. The lowest BCUT2D eigenvalue weighted by Gasteiger charge is -2.18. The van der Waals surface area contributed by atoms with Gasteiger partial charge in [0.15, 0.2) is 11.5 Å². The lowest BCUT2D eigenvalue weighted by molar-refractivity contribution is 0.272. The second kappa shape index (κ2) is 17.5. The Morgan fingerprint density at radius 3 is 1.76 bits per heavy atom. The number of nitrogens with one attached hydrogen (secondary N) is 3. The van der Waals surface area contributed by atoms with Crippen molar-refractivity contribution in [1.29, 1.82) is 0 Å². The molecule has 254 valence electrons. The molecule has 0 aliphatic rings. The molecule has 5 N–H and O–H groups in total. The van der Waals surface area contributed by atoms with Crippen molar-refractivity contribution in [3.63, 3.8) is 0 Å². The maximum atomic E-state index is 13.3. The molecular weight excluding hydrogens is 633 g/mol. The summed E-state index contributed by atoms with van der Waals surface area (Å²) < 4.78 is 74.9. The molecule has 0 saturated heterocycles. The first kappa shape index (κ1) is 37.1. The van der Waals surface area contributed by atoms with Gasteiger partial charge in [0.2, 0.25) is 20.0 Å².